The number of aliphatic carboxylic acids is 3. The van der Waals surface area contributed by atoms with E-state index in [0.717, 1.165) is 4.90 Å². The highest BCUT2D eigenvalue weighted by Gasteiger charge is 2.18. The number of nitrogens with zero attached hydrogens (tertiary/aromatic N) is 2. The fourth-order valence-electron chi connectivity index (χ4n) is 1.53. The maximum absolute atomic E-state index is 11.2. The summed E-state index contributed by atoms with van der Waals surface area (Å²) in [6.07, 6.45) is 0. The van der Waals surface area contributed by atoms with E-state index in [2.05, 4.69) is 4.43 Å². The lowest BCUT2D eigenvalue weighted by atomic mass is 10.4. The minimum atomic E-state index is -1.19. The summed E-state index contributed by atoms with van der Waals surface area (Å²) in [5.74, 6) is -4.12. The van der Waals surface area contributed by atoms with Gasteiger partial charge in [0.05, 0.1) is 26.2 Å². The van der Waals surface area contributed by atoms with Gasteiger partial charge < -0.3 is 19.7 Å². The van der Waals surface area contributed by atoms with Gasteiger partial charge in [-0.3, -0.25) is 29.0 Å². The highest BCUT2D eigenvalue weighted by Crippen LogP contribution is 1.95. The molecule has 0 amide bonds. The van der Waals surface area contributed by atoms with Crippen LogP contribution in [0.25, 0.3) is 0 Å². The van der Waals surface area contributed by atoms with Gasteiger partial charge in [-0.15, -0.1) is 0 Å². The van der Waals surface area contributed by atoms with Crippen molar-refractivity contribution in [1.82, 2.24) is 9.80 Å². The molecule has 3 N–H and O–H groups in total. The van der Waals surface area contributed by atoms with E-state index in [1.165, 1.54) is 4.90 Å². The molecule has 0 radical (unpaired) electrons. The first-order chi connectivity index (χ1) is 9.74. The Morgan fingerprint density at radius 3 is 1.38 bits per heavy atom. The van der Waals surface area contributed by atoms with Gasteiger partial charge in [0.15, 0.2) is 0 Å². The molecule has 120 valence electrons. The largest absolute Gasteiger partial charge is 0.528 e. The second-order valence-corrected chi connectivity index (χ2v) is 4.59. The quantitative estimate of drug-likeness (QED) is 0.330. The highest BCUT2D eigenvalue weighted by atomic mass is 28.2. The van der Waals surface area contributed by atoms with Gasteiger partial charge in [0, 0.05) is 13.1 Å². The predicted molar refractivity (Wildman–Crippen MR) is 71.8 cm³/mol. The Bertz CT molecular complexity index is 387. The third-order valence-electron chi connectivity index (χ3n) is 2.39. The topological polar surface area (TPSA) is 145 Å². The fraction of sp³-hybridized carbons (Fsp3) is 0.600. The molecule has 0 unspecified atom stereocenters. The zero-order valence-electron chi connectivity index (χ0n) is 11.5. The number of carbonyl (C=O) groups is 4. The Labute approximate surface area is 123 Å². The van der Waals surface area contributed by atoms with Gasteiger partial charge in [-0.2, -0.15) is 0 Å². The zero-order valence-corrected chi connectivity index (χ0v) is 13.5. The van der Waals surface area contributed by atoms with Crippen molar-refractivity contribution in [3.8, 4) is 0 Å². The standard InChI is InChI=1S/C10H18N2O8Si/c13-7(14)3-11(4-8(15)16)1-2-12(5-9(17)18)6-10(19)20-21/h1-6H2,21H3,(H,13,14)(H,15,16)(H,17,18). The van der Waals surface area contributed by atoms with E-state index >= 15 is 0 Å². The number of hydrogen-bond donors (Lipinski definition) is 3. The molecule has 11 heteroatoms. The van der Waals surface area contributed by atoms with Crippen molar-refractivity contribution >= 4 is 34.4 Å². The van der Waals surface area contributed by atoms with Crippen LogP contribution < -0.4 is 0 Å². The van der Waals surface area contributed by atoms with Crippen molar-refractivity contribution in [2.75, 3.05) is 39.3 Å². The summed E-state index contributed by atoms with van der Waals surface area (Å²) in [5.41, 5.74) is 0. The van der Waals surface area contributed by atoms with E-state index in [0.29, 0.717) is 0 Å². The zero-order chi connectivity index (χ0) is 16.4. The summed E-state index contributed by atoms with van der Waals surface area (Å²) >= 11 is 0. The molecular formula is C10H18N2O8Si. The molecule has 0 aromatic rings. The van der Waals surface area contributed by atoms with E-state index in [-0.39, 0.29) is 30.1 Å². The van der Waals surface area contributed by atoms with Gasteiger partial charge in [-0.25, -0.2) is 0 Å². The van der Waals surface area contributed by atoms with E-state index < -0.39 is 43.5 Å². The molecular weight excluding hydrogens is 304 g/mol. The van der Waals surface area contributed by atoms with E-state index in [9.17, 15) is 19.2 Å². The normalized spacial score (nSPS) is 10.8. The summed E-state index contributed by atoms with van der Waals surface area (Å²) in [4.78, 5) is 45.5. The Morgan fingerprint density at radius 1 is 0.762 bits per heavy atom. The molecule has 0 spiro atoms. The second kappa shape index (κ2) is 9.85. The second-order valence-electron chi connectivity index (χ2n) is 4.18. The van der Waals surface area contributed by atoms with Gasteiger partial charge in [-0.05, 0) is 0 Å². The van der Waals surface area contributed by atoms with Gasteiger partial charge in [-0.1, -0.05) is 0 Å². The third-order valence-corrected chi connectivity index (χ3v) is 2.84. The van der Waals surface area contributed by atoms with Gasteiger partial charge in [0.1, 0.15) is 0 Å². The lowest BCUT2D eigenvalue weighted by molar-refractivity contribution is -0.144. The van der Waals surface area contributed by atoms with Crippen molar-refractivity contribution < 1.29 is 38.9 Å². The van der Waals surface area contributed by atoms with Crippen LogP contribution in [0.4, 0.5) is 0 Å². The van der Waals surface area contributed by atoms with Crippen molar-refractivity contribution in [2.24, 2.45) is 0 Å². The van der Waals surface area contributed by atoms with Crippen molar-refractivity contribution in [3.05, 3.63) is 0 Å². The summed E-state index contributed by atoms with van der Waals surface area (Å²) in [7, 11) is 0.185. The molecule has 0 aliphatic carbocycles. The number of carbonyl (C=O) groups excluding carboxylic acids is 1. The van der Waals surface area contributed by atoms with Gasteiger partial charge in [0.2, 0.25) is 10.5 Å². The summed E-state index contributed by atoms with van der Waals surface area (Å²) in [6, 6.07) is 0. The molecule has 0 aromatic carbocycles. The molecule has 0 fully saturated rings. The predicted octanol–water partition coefficient (Wildman–Crippen LogP) is -3.33. The van der Waals surface area contributed by atoms with Crippen LogP contribution in [0.5, 0.6) is 0 Å². The molecule has 0 heterocycles. The minimum absolute atomic E-state index is 0.000300. The molecule has 21 heavy (non-hydrogen) atoms. The molecule has 0 aliphatic rings. The molecule has 0 bridgehead atoms. The number of rotatable bonds is 11. The number of carboxylic acids is 3. The monoisotopic (exact) mass is 322 g/mol. The first-order valence-electron chi connectivity index (χ1n) is 5.91. The average molecular weight is 322 g/mol. The Morgan fingerprint density at radius 2 is 1.10 bits per heavy atom. The molecule has 0 saturated heterocycles. The van der Waals surface area contributed by atoms with Crippen LogP contribution in [-0.4, -0.2) is 98.8 Å². The summed E-state index contributed by atoms with van der Waals surface area (Å²) in [5, 5.41) is 26.1. The Balaban J connectivity index is 4.56. The Hall–Kier alpha value is -1.98. The smallest absolute Gasteiger partial charge is 0.317 e. The lowest BCUT2D eigenvalue weighted by Gasteiger charge is -2.23. The van der Waals surface area contributed by atoms with Crippen LogP contribution in [-0.2, 0) is 23.6 Å². The van der Waals surface area contributed by atoms with Crippen molar-refractivity contribution in [1.29, 1.82) is 0 Å². The molecule has 0 aromatic heterocycles. The van der Waals surface area contributed by atoms with Crippen LogP contribution in [0.3, 0.4) is 0 Å². The SMILES string of the molecule is O=C(O)CN(CCN(CC(=O)O)CC(=O)O[SiH3])CC(=O)O. The molecule has 0 aliphatic heterocycles. The van der Waals surface area contributed by atoms with Crippen LogP contribution in [0.2, 0.25) is 0 Å². The van der Waals surface area contributed by atoms with E-state index in [1.54, 1.807) is 0 Å². The van der Waals surface area contributed by atoms with Crippen LogP contribution in [0.1, 0.15) is 0 Å². The number of carboxylic acid groups (broad SMARTS) is 3. The summed E-state index contributed by atoms with van der Waals surface area (Å²) < 4.78 is 4.56. The molecule has 0 rings (SSSR count). The fourth-order valence-corrected chi connectivity index (χ4v) is 1.66. The highest BCUT2D eigenvalue weighted by molar-refractivity contribution is 6.05. The van der Waals surface area contributed by atoms with Gasteiger partial charge in [0.25, 0.3) is 0 Å². The summed E-state index contributed by atoms with van der Waals surface area (Å²) in [6.45, 7) is -1.62. The number of hydrogen-bond acceptors (Lipinski definition) is 7. The lowest BCUT2D eigenvalue weighted by Crippen LogP contribution is -2.43. The van der Waals surface area contributed by atoms with Crippen LogP contribution >= 0.6 is 0 Å². The Kier molecular flexibility index (Phi) is 8.92. The van der Waals surface area contributed by atoms with Crippen LogP contribution in [0, 0.1) is 0 Å². The van der Waals surface area contributed by atoms with Crippen molar-refractivity contribution in [3.63, 3.8) is 0 Å². The van der Waals surface area contributed by atoms with Crippen molar-refractivity contribution in [2.45, 2.75) is 0 Å². The third kappa shape index (κ3) is 10.5. The van der Waals surface area contributed by atoms with Crippen LogP contribution in [0.15, 0.2) is 0 Å². The van der Waals surface area contributed by atoms with E-state index in [1.807, 2.05) is 0 Å². The van der Waals surface area contributed by atoms with E-state index in [4.69, 9.17) is 15.3 Å². The maximum atomic E-state index is 11.2. The molecule has 0 atom stereocenters. The first-order valence-corrected chi connectivity index (χ1v) is 6.73. The minimum Gasteiger partial charge on any atom is -0.528 e. The first kappa shape index (κ1) is 19.0. The van der Waals surface area contributed by atoms with Gasteiger partial charge >= 0.3 is 23.9 Å². The average Bonchev–Trinajstić information content (AvgIpc) is 2.33. The molecule has 10 nitrogen and oxygen atoms in total. The molecule has 0 saturated carbocycles. The maximum Gasteiger partial charge on any atom is 0.317 e.